The first-order valence-corrected chi connectivity index (χ1v) is 13.2. The maximum atomic E-state index is 13.1. The smallest absolute Gasteiger partial charge is 0.261 e. The lowest BCUT2D eigenvalue weighted by Crippen LogP contribution is -2.20. The summed E-state index contributed by atoms with van der Waals surface area (Å²) in [5.41, 5.74) is 14.4. The van der Waals surface area contributed by atoms with Gasteiger partial charge in [0.25, 0.3) is 10.0 Å². The van der Waals surface area contributed by atoms with Gasteiger partial charge >= 0.3 is 0 Å². The number of hydrogen-bond donors (Lipinski definition) is 5. The molecular weight excluding hydrogens is 490 g/mol. The van der Waals surface area contributed by atoms with Gasteiger partial charge < -0.3 is 20.9 Å². The Hall–Kier alpha value is -4.35. The number of rotatable bonds is 7. The molecule has 0 atom stereocenters. The molecular formula is C26H25N7O3S. The molecule has 1 aromatic heterocycles. The normalized spacial score (nSPS) is 14.3. The quantitative estimate of drug-likeness (QED) is 0.250. The van der Waals surface area contributed by atoms with Crippen molar-refractivity contribution >= 4 is 33.0 Å². The number of anilines is 4. The monoisotopic (exact) mass is 515 g/mol. The van der Waals surface area contributed by atoms with E-state index in [4.69, 9.17) is 4.74 Å². The molecule has 6 rings (SSSR count). The highest BCUT2D eigenvalue weighted by Gasteiger charge is 2.22. The van der Waals surface area contributed by atoms with Crippen LogP contribution in [-0.2, 0) is 22.9 Å². The first kappa shape index (κ1) is 23.1. The van der Waals surface area contributed by atoms with Gasteiger partial charge in [-0.3, -0.25) is 4.72 Å². The zero-order chi connectivity index (χ0) is 25.4. The minimum atomic E-state index is -3.84. The Morgan fingerprint density at radius 2 is 1.62 bits per heavy atom. The van der Waals surface area contributed by atoms with E-state index in [0.29, 0.717) is 23.1 Å². The Labute approximate surface area is 214 Å². The van der Waals surface area contributed by atoms with Gasteiger partial charge in [0.2, 0.25) is 5.95 Å². The number of hydrazine groups is 2. The minimum Gasteiger partial charge on any atom is -0.497 e. The molecule has 2 aliphatic rings. The lowest BCUT2D eigenvalue weighted by atomic mass is 10.1. The highest BCUT2D eigenvalue weighted by Crippen LogP contribution is 2.32. The van der Waals surface area contributed by atoms with Crippen LogP contribution in [0.25, 0.3) is 11.1 Å². The predicted molar refractivity (Wildman–Crippen MR) is 143 cm³/mol. The Kier molecular flexibility index (Phi) is 5.78. The fourth-order valence-electron chi connectivity index (χ4n) is 4.62. The molecule has 0 radical (unpaired) electrons. The number of aromatic nitrogens is 2. The number of fused-ring (bicyclic) bond motifs is 2. The summed E-state index contributed by atoms with van der Waals surface area (Å²) >= 11 is 0. The second-order valence-corrected chi connectivity index (χ2v) is 10.6. The van der Waals surface area contributed by atoms with Gasteiger partial charge in [-0.25, -0.2) is 18.4 Å². The Bertz CT molecular complexity index is 1550. The predicted octanol–water partition coefficient (Wildman–Crippen LogP) is 3.79. The van der Waals surface area contributed by atoms with Gasteiger partial charge in [-0.2, -0.15) is 0 Å². The van der Waals surface area contributed by atoms with Crippen LogP contribution >= 0.6 is 0 Å². The summed E-state index contributed by atoms with van der Waals surface area (Å²) in [6, 6.07) is 18.6. The lowest BCUT2D eigenvalue weighted by molar-refractivity contribution is 0.415. The Morgan fingerprint density at radius 3 is 2.35 bits per heavy atom. The third-order valence-corrected chi connectivity index (χ3v) is 7.84. The van der Waals surface area contributed by atoms with E-state index in [9.17, 15) is 8.42 Å². The number of ether oxygens (including phenoxy) is 1. The van der Waals surface area contributed by atoms with Crippen LogP contribution in [0.5, 0.6) is 5.75 Å². The first-order chi connectivity index (χ1) is 18.0. The van der Waals surface area contributed by atoms with Crippen molar-refractivity contribution in [3.63, 3.8) is 0 Å². The van der Waals surface area contributed by atoms with Crippen LogP contribution in [0.2, 0.25) is 0 Å². The van der Waals surface area contributed by atoms with Gasteiger partial charge in [0.15, 0.2) is 0 Å². The number of sulfonamides is 1. The number of methoxy groups -OCH3 is 1. The molecule has 0 saturated carbocycles. The summed E-state index contributed by atoms with van der Waals surface area (Å²) in [7, 11) is -2.31. The summed E-state index contributed by atoms with van der Waals surface area (Å²) in [6.07, 6.45) is 5.31. The van der Waals surface area contributed by atoms with Crippen molar-refractivity contribution < 1.29 is 13.2 Å². The molecule has 37 heavy (non-hydrogen) atoms. The fourth-order valence-corrected chi connectivity index (χ4v) is 5.69. The standard InChI is InChI=1S/C26H25N7O3S/c1-36-22-11-18(10-21(12-22)32-37(34,35)23-6-7-24-25(13-23)31-33-30-24)19-14-27-26(28-15-19)29-20-8-16-4-2-3-5-17(16)9-20/h2-7,10-15,20,30-33H,8-9H2,1H3,(H,27,28,29). The van der Waals surface area contributed by atoms with Crippen molar-refractivity contribution in [3.05, 3.63) is 84.2 Å². The Morgan fingerprint density at radius 1 is 0.892 bits per heavy atom. The van der Waals surface area contributed by atoms with Crippen molar-refractivity contribution in [1.82, 2.24) is 15.5 Å². The molecule has 4 aromatic rings. The second-order valence-electron chi connectivity index (χ2n) is 8.95. The topological polar surface area (TPSA) is 129 Å². The molecule has 188 valence electrons. The third-order valence-electron chi connectivity index (χ3n) is 6.46. The van der Waals surface area contributed by atoms with Crippen molar-refractivity contribution in [3.8, 4) is 16.9 Å². The molecule has 3 aromatic carbocycles. The molecule has 5 N–H and O–H groups in total. The molecule has 1 aliphatic heterocycles. The summed E-state index contributed by atoms with van der Waals surface area (Å²) in [5.74, 6) is 1.06. The van der Waals surface area contributed by atoms with E-state index in [1.807, 2.05) is 6.07 Å². The van der Waals surface area contributed by atoms with E-state index >= 15 is 0 Å². The van der Waals surface area contributed by atoms with Crippen LogP contribution in [0, 0.1) is 0 Å². The van der Waals surface area contributed by atoms with Gasteiger partial charge in [-0.05, 0) is 59.9 Å². The van der Waals surface area contributed by atoms with Crippen LogP contribution in [-0.4, -0.2) is 31.5 Å². The molecule has 2 heterocycles. The zero-order valence-electron chi connectivity index (χ0n) is 19.9. The van der Waals surface area contributed by atoms with Gasteiger partial charge in [0.05, 0.1) is 29.1 Å². The minimum absolute atomic E-state index is 0.126. The highest BCUT2D eigenvalue weighted by molar-refractivity contribution is 7.92. The molecule has 0 spiro atoms. The average Bonchev–Trinajstić information content (AvgIpc) is 3.54. The zero-order valence-corrected chi connectivity index (χ0v) is 20.8. The van der Waals surface area contributed by atoms with E-state index in [1.54, 1.807) is 36.7 Å². The van der Waals surface area contributed by atoms with E-state index < -0.39 is 10.0 Å². The maximum Gasteiger partial charge on any atom is 0.261 e. The summed E-state index contributed by atoms with van der Waals surface area (Å²) in [4.78, 5) is 9.13. The average molecular weight is 516 g/mol. The molecule has 0 fully saturated rings. The van der Waals surface area contributed by atoms with Crippen LogP contribution in [0.15, 0.2) is 78.0 Å². The fraction of sp³-hybridized carbons (Fsp3) is 0.154. The van der Waals surface area contributed by atoms with Crippen LogP contribution in [0.1, 0.15) is 11.1 Å². The van der Waals surface area contributed by atoms with Crippen molar-refractivity contribution in [2.45, 2.75) is 23.8 Å². The van der Waals surface area contributed by atoms with Gasteiger partial charge in [-0.15, -0.1) is 5.53 Å². The maximum absolute atomic E-state index is 13.1. The van der Waals surface area contributed by atoms with Gasteiger partial charge in [0.1, 0.15) is 5.75 Å². The molecule has 0 amide bonds. The number of benzene rings is 3. The molecule has 10 nitrogen and oxygen atoms in total. The molecule has 0 bridgehead atoms. The van der Waals surface area contributed by atoms with Gasteiger partial charge in [0, 0.05) is 30.1 Å². The van der Waals surface area contributed by atoms with E-state index in [-0.39, 0.29) is 10.9 Å². The largest absolute Gasteiger partial charge is 0.497 e. The van der Waals surface area contributed by atoms with Gasteiger partial charge in [-0.1, -0.05) is 24.3 Å². The van der Waals surface area contributed by atoms with E-state index in [0.717, 1.165) is 29.7 Å². The lowest BCUT2D eigenvalue weighted by Gasteiger charge is -2.14. The summed E-state index contributed by atoms with van der Waals surface area (Å²) in [6.45, 7) is 0. The molecule has 1 aliphatic carbocycles. The molecule has 11 heteroatoms. The third kappa shape index (κ3) is 4.74. The summed E-state index contributed by atoms with van der Waals surface area (Å²) < 4.78 is 34.2. The van der Waals surface area contributed by atoms with Crippen molar-refractivity contribution in [2.24, 2.45) is 0 Å². The first-order valence-electron chi connectivity index (χ1n) is 11.8. The molecule has 0 saturated heterocycles. The molecule has 0 unspecified atom stereocenters. The number of nitrogens with zero attached hydrogens (tertiary/aromatic N) is 2. The van der Waals surface area contributed by atoms with Crippen molar-refractivity contribution in [1.29, 1.82) is 0 Å². The van der Waals surface area contributed by atoms with Crippen molar-refractivity contribution in [2.75, 3.05) is 28.0 Å². The SMILES string of the molecule is COc1cc(NS(=O)(=O)c2ccc3c(c2)NNN3)cc(-c2cnc(NC3Cc4ccccc4C3)nc2)c1. The van der Waals surface area contributed by atoms with Crippen LogP contribution in [0.4, 0.5) is 23.0 Å². The Balaban J connectivity index is 1.20. The second kappa shape index (κ2) is 9.26. The number of hydrogen-bond acceptors (Lipinski definition) is 9. The summed E-state index contributed by atoms with van der Waals surface area (Å²) in [5, 5.41) is 3.41. The van der Waals surface area contributed by atoms with E-state index in [2.05, 4.69) is 60.7 Å². The van der Waals surface area contributed by atoms with E-state index in [1.165, 1.54) is 24.3 Å². The van der Waals surface area contributed by atoms with Crippen LogP contribution in [0.3, 0.4) is 0 Å². The number of nitrogens with one attached hydrogen (secondary N) is 5. The van der Waals surface area contributed by atoms with Crippen LogP contribution < -0.4 is 31.2 Å². The highest BCUT2D eigenvalue weighted by atomic mass is 32.2.